The molecule has 1 heterocycles. The molecule has 154 valence electrons. The standard InChI is InChI=1S/C22H22Cl2N6/c23-18-8-9-19(20(24)13-18)21(14-29-12-10-27-16-29)28-22(26)30(15-25)11-4-7-17-5-2-1-3-6-17/h1-3,5-6,8-10,12-13,16,21H,4,7,11,14H2,(H2,26,28). The van der Waals surface area contributed by atoms with E-state index >= 15 is 0 Å². The van der Waals surface area contributed by atoms with Crippen molar-refractivity contribution in [2.45, 2.75) is 25.4 Å². The van der Waals surface area contributed by atoms with Crippen LogP contribution in [0.25, 0.3) is 0 Å². The number of guanidine groups is 1. The molecule has 0 amide bonds. The molecule has 3 rings (SSSR count). The van der Waals surface area contributed by atoms with Gasteiger partial charge in [-0.2, -0.15) is 5.26 Å². The van der Waals surface area contributed by atoms with E-state index in [-0.39, 0.29) is 5.96 Å². The summed E-state index contributed by atoms with van der Waals surface area (Å²) in [7, 11) is 0. The van der Waals surface area contributed by atoms with Crippen LogP contribution in [0.4, 0.5) is 0 Å². The fourth-order valence-corrected chi connectivity index (χ4v) is 3.64. The first kappa shape index (κ1) is 21.7. The van der Waals surface area contributed by atoms with Crippen LogP contribution in [0.5, 0.6) is 0 Å². The van der Waals surface area contributed by atoms with Crippen molar-refractivity contribution in [2.75, 3.05) is 6.54 Å². The highest BCUT2D eigenvalue weighted by Crippen LogP contribution is 2.30. The zero-order chi connectivity index (χ0) is 21.3. The molecule has 0 bridgehead atoms. The highest BCUT2D eigenvalue weighted by Gasteiger charge is 2.18. The molecule has 0 aliphatic heterocycles. The second kappa shape index (κ2) is 10.7. The predicted octanol–water partition coefficient (Wildman–Crippen LogP) is 4.66. The molecular formula is C22H22Cl2N6. The maximum absolute atomic E-state index is 9.58. The quantitative estimate of drug-likeness (QED) is 0.239. The molecule has 0 radical (unpaired) electrons. The normalized spacial score (nSPS) is 12.4. The Morgan fingerprint density at radius 3 is 2.70 bits per heavy atom. The lowest BCUT2D eigenvalue weighted by Crippen LogP contribution is -2.35. The van der Waals surface area contributed by atoms with Crippen molar-refractivity contribution in [3.8, 4) is 6.19 Å². The SMILES string of the molecule is N#CN(CCCc1ccccc1)C(N)=NC(Cn1ccnc1)c1ccc(Cl)cc1Cl. The number of imidazole rings is 1. The van der Waals surface area contributed by atoms with Crippen molar-refractivity contribution in [1.29, 1.82) is 5.26 Å². The van der Waals surface area contributed by atoms with Crippen LogP contribution in [0.3, 0.4) is 0 Å². The van der Waals surface area contributed by atoms with Crippen molar-refractivity contribution >= 4 is 29.2 Å². The highest BCUT2D eigenvalue weighted by atomic mass is 35.5. The molecule has 1 aromatic heterocycles. The average Bonchev–Trinajstić information content (AvgIpc) is 3.24. The third kappa shape index (κ3) is 5.99. The molecule has 3 aromatic rings. The maximum Gasteiger partial charge on any atom is 0.205 e. The van der Waals surface area contributed by atoms with E-state index in [4.69, 9.17) is 28.9 Å². The van der Waals surface area contributed by atoms with Gasteiger partial charge in [0.1, 0.15) is 0 Å². The van der Waals surface area contributed by atoms with Gasteiger partial charge in [0.25, 0.3) is 0 Å². The Balaban J connectivity index is 1.76. The second-order valence-electron chi connectivity index (χ2n) is 6.77. The van der Waals surface area contributed by atoms with Gasteiger partial charge in [-0.15, -0.1) is 0 Å². The first-order valence-corrected chi connectivity index (χ1v) is 10.3. The minimum Gasteiger partial charge on any atom is -0.369 e. The smallest absolute Gasteiger partial charge is 0.205 e. The third-order valence-corrected chi connectivity index (χ3v) is 5.20. The molecule has 0 fully saturated rings. The second-order valence-corrected chi connectivity index (χ2v) is 7.61. The van der Waals surface area contributed by atoms with E-state index in [0.717, 1.165) is 18.4 Å². The van der Waals surface area contributed by atoms with Crippen LogP contribution < -0.4 is 5.73 Å². The summed E-state index contributed by atoms with van der Waals surface area (Å²) in [5, 5.41) is 10.6. The van der Waals surface area contributed by atoms with Gasteiger partial charge in [0.15, 0.2) is 6.19 Å². The number of nitriles is 1. The first-order chi connectivity index (χ1) is 14.6. The summed E-state index contributed by atoms with van der Waals surface area (Å²) in [5.74, 6) is 0.154. The molecule has 30 heavy (non-hydrogen) atoms. The molecule has 0 aliphatic carbocycles. The molecular weight excluding hydrogens is 419 g/mol. The van der Waals surface area contributed by atoms with Gasteiger partial charge in [0.2, 0.25) is 5.96 Å². The summed E-state index contributed by atoms with van der Waals surface area (Å²) < 4.78 is 1.89. The van der Waals surface area contributed by atoms with Gasteiger partial charge in [-0.25, -0.2) is 14.9 Å². The molecule has 2 aromatic carbocycles. The van der Waals surface area contributed by atoms with Crippen LogP contribution in [0.15, 0.2) is 72.2 Å². The third-order valence-electron chi connectivity index (χ3n) is 4.64. The molecule has 2 N–H and O–H groups in total. The summed E-state index contributed by atoms with van der Waals surface area (Å²) in [5.41, 5.74) is 8.21. The number of aliphatic imine (C=N–C) groups is 1. The van der Waals surface area contributed by atoms with Gasteiger partial charge in [0.05, 0.1) is 18.9 Å². The molecule has 1 unspecified atom stereocenters. The fraction of sp³-hybridized carbons (Fsp3) is 0.227. The molecule has 8 heteroatoms. The van der Waals surface area contributed by atoms with E-state index in [1.54, 1.807) is 24.7 Å². The number of halogens is 2. The average molecular weight is 441 g/mol. The fourth-order valence-electron chi connectivity index (χ4n) is 3.11. The Labute approximate surface area is 186 Å². The number of aromatic nitrogens is 2. The van der Waals surface area contributed by atoms with Crippen molar-refractivity contribution in [3.63, 3.8) is 0 Å². The van der Waals surface area contributed by atoms with Crippen molar-refractivity contribution in [3.05, 3.63) is 88.4 Å². The number of aryl methyl sites for hydroxylation is 1. The number of benzene rings is 2. The number of nitrogens with zero attached hydrogens (tertiary/aromatic N) is 5. The summed E-state index contributed by atoms with van der Waals surface area (Å²) in [6.45, 7) is 0.957. The van der Waals surface area contributed by atoms with Crippen LogP contribution in [-0.4, -0.2) is 27.0 Å². The van der Waals surface area contributed by atoms with E-state index in [0.29, 0.717) is 23.1 Å². The largest absolute Gasteiger partial charge is 0.369 e. The van der Waals surface area contributed by atoms with Crippen LogP contribution in [0, 0.1) is 11.5 Å². The Morgan fingerprint density at radius 2 is 2.03 bits per heavy atom. The summed E-state index contributed by atoms with van der Waals surface area (Å²) >= 11 is 12.5. The van der Waals surface area contributed by atoms with Crippen LogP contribution >= 0.6 is 23.2 Å². The van der Waals surface area contributed by atoms with Crippen LogP contribution in [0.2, 0.25) is 10.0 Å². The lowest BCUT2D eigenvalue weighted by atomic mass is 10.1. The van der Waals surface area contributed by atoms with Gasteiger partial charge in [-0.3, -0.25) is 0 Å². The number of hydrogen-bond acceptors (Lipinski definition) is 3. The van der Waals surface area contributed by atoms with E-state index in [9.17, 15) is 5.26 Å². The van der Waals surface area contributed by atoms with Gasteiger partial charge in [-0.05, 0) is 36.1 Å². The van der Waals surface area contributed by atoms with Gasteiger partial charge >= 0.3 is 0 Å². The van der Waals surface area contributed by atoms with E-state index in [2.05, 4.69) is 28.3 Å². The predicted molar refractivity (Wildman–Crippen MR) is 120 cm³/mol. The summed E-state index contributed by atoms with van der Waals surface area (Å²) in [6.07, 6.45) is 9.00. The minimum absolute atomic E-state index is 0.154. The molecule has 6 nitrogen and oxygen atoms in total. The molecule has 0 spiro atoms. The number of rotatable bonds is 8. The Morgan fingerprint density at radius 1 is 1.23 bits per heavy atom. The van der Waals surface area contributed by atoms with Crippen LogP contribution in [-0.2, 0) is 13.0 Å². The van der Waals surface area contributed by atoms with Gasteiger partial charge < -0.3 is 10.3 Å². The lowest BCUT2D eigenvalue weighted by molar-refractivity contribution is 0.520. The number of nitrogens with two attached hydrogens (primary N) is 1. The molecule has 1 atom stereocenters. The van der Waals surface area contributed by atoms with E-state index < -0.39 is 6.04 Å². The zero-order valence-corrected chi connectivity index (χ0v) is 17.8. The number of hydrogen-bond donors (Lipinski definition) is 1. The van der Waals surface area contributed by atoms with E-state index in [1.807, 2.05) is 35.0 Å². The van der Waals surface area contributed by atoms with Crippen molar-refractivity contribution in [1.82, 2.24) is 14.5 Å². The Kier molecular flexibility index (Phi) is 7.72. The van der Waals surface area contributed by atoms with Crippen molar-refractivity contribution in [2.24, 2.45) is 10.7 Å². The molecule has 0 aliphatic rings. The summed E-state index contributed by atoms with van der Waals surface area (Å²) in [6, 6.07) is 15.0. The zero-order valence-electron chi connectivity index (χ0n) is 16.3. The van der Waals surface area contributed by atoms with Gasteiger partial charge in [-0.1, -0.05) is 59.6 Å². The molecule has 0 saturated carbocycles. The van der Waals surface area contributed by atoms with E-state index in [1.165, 1.54) is 10.5 Å². The topological polar surface area (TPSA) is 83.2 Å². The monoisotopic (exact) mass is 440 g/mol. The minimum atomic E-state index is -0.394. The molecule has 0 saturated heterocycles. The van der Waals surface area contributed by atoms with Crippen LogP contribution in [0.1, 0.15) is 23.6 Å². The van der Waals surface area contributed by atoms with Gasteiger partial charge in [0, 0.05) is 29.0 Å². The highest BCUT2D eigenvalue weighted by molar-refractivity contribution is 6.35. The first-order valence-electron chi connectivity index (χ1n) is 9.52. The maximum atomic E-state index is 9.58. The summed E-state index contributed by atoms with van der Waals surface area (Å²) in [4.78, 5) is 10.1. The Hall–Kier alpha value is -3.01. The lowest BCUT2D eigenvalue weighted by Gasteiger charge is -2.20. The van der Waals surface area contributed by atoms with Crippen molar-refractivity contribution < 1.29 is 0 Å². The Bertz CT molecular complexity index is 1010.